The van der Waals surface area contributed by atoms with Crippen molar-refractivity contribution in [3.05, 3.63) is 42.5 Å². The van der Waals surface area contributed by atoms with E-state index < -0.39 is 37.3 Å². The Balaban J connectivity index is 2.07. The van der Waals surface area contributed by atoms with Crippen LogP contribution < -0.4 is 4.74 Å². The molecule has 7 heteroatoms. The van der Waals surface area contributed by atoms with Crippen LogP contribution in [0.25, 0.3) is 0 Å². The van der Waals surface area contributed by atoms with Gasteiger partial charge in [-0.25, -0.2) is 0 Å². The summed E-state index contributed by atoms with van der Waals surface area (Å²) in [5, 5.41) is 39.4. The van der Waals surface area contributed by atoms with Gasteiger partial charge in [-0.1, -0.05) is 31.6 Å². The Labute approximate surface area is 166 Å². The zero-order valence-corrected chi connectivity index (χ0v) is 16.3. The number of rotatable bonds is 11. The summed E-state index contributed by atoms with van der Waals surface area (Å²) in [6.07, 6.45) is -1.47. The van der Waals surface area contributed by atoms with Crippen molar-refractivity contribution in [1.82, 2.24) is 0 Å². The predicted molar refractivity (Wildman–Crippen MR) is 104 cm³/mol. The lowest BCUT2D eigenvalue weighted by molar-refractivity contribution is -0.288. The molecule has 1 aliphatic heterocycles. The summed E-state index contributed by atoms with van der Waals surface area (Å²) in [5.74, 6) is 0.627. The topological polar surface area (TPSA) is 109 Å². The molecule has 2 rings (SSSR count). The monoisotopic (exact) mass is 396 g/mol. The highest BCUT2D eigenvalue weighted by atomic mass is 16.7. The van der Waals surface area contributed by atoms with Crippen LogP contribution in [0.4, 0.5) is 0 Å². The van der Waals surface area contributed by atoms with Gasteiger partial charge >= 0.3 is 0 Å². The smallest absolute Gasteiger partial charge is 0.229 e. The van der Waals surface area contributed by atoms with Crippen LogP contribution in [0.1, 0.15) is 25.3 Å². The first-order valence-corrected chi connectivity index (χ1v) is 9.75. The molecule has 0 unspecified atom stereocenters. The molecular weight excluding hydrogens is 364 g/mol. The standard InChI is InChI=1S/C21H32O7/c1-3-5-15-6-8-16(9-7-15)27-21-20(26-11-10-14(4-2)12-22)19(25)18(24)17(13-23)28-21/h3,6-9,14,17-25H,1,4-5,10-13H2,2H3/t14-,17+,18+,19-,20+,21-/m0/s1. The van der Waals surface area contributed by atoms with Crippen LogP contribution in [0, 0.1) is 5.92 Å². The molecule has 0 radical (unpaired) electrons. The Morgan fingerprint density at radius 1 is 1.18 bits per heavy atom. The SMILES string of the molecule is C=CCc1ccc(O[C@H]2O[C@H](CO)[C@@H](O)[C@H](O)[C@H]2OCC[C@H](CC)CO)cc1. The molecule has 6 atom stereocenters. The zero-order chi connectivity index (χ0) is 20.5. The summed E-state index contributed by atoms with van der Waals surface area (Å²) in [4.78, 5) is 0. The van der Waals surface area contributed by atoms with Crippen LogP contribution >= 0.6 is 0 Å². The molecule has 28 heavy (non-hydrogen) atoms. The van der Waals surface area contributed by atoms with Crippen molar-refractivity contribution in [2.75, 3.05) is 19.8 Å². The first kappa shape index (κ1) is 22.8. The Morgan fingerprint density at radius 2 is 1.89 bits per heavy atom. The Hall–Kier alpha value is -1.48. The molecule has 0 saturated carbocycles. The lowest BCUT2D eigenvalue weighted by Gasteiger charge is -2.41. The van der Waals surface area contributed by atoms with E-state index >= 15 is 0 Å². The minimum absolute atomic E-state index is 0.0653. The molecule has 0 amide bonds. The van der Waals surface area contributed by atoms with Crippen LogP contribution in [-0.4, -0.2) is 71.0 Å². The highest BCUT2D eigenvalue weighted by molar-refractivity contribution is 5.28. The van der Waals surface area contributed by atoms with Crippen LogP contribution in [-0.2, 0) is 15.9 Å². The van der Waals surface area contributed by atoms with Crippen LogP contribution in [0.15, 0.2) is 36.9 Å². The van der Waals surface area contributed by atoms with Crippen molar-refractivity contribution in [3.63, 3.8) is 0 Å². The van der Waals surface area contributed by atoms with E-state index in [4.69, 9.17) is 14.2 Å². The lowest BCUT2D eigenvalue weighted by atomic mass is 9.98. The minimum atomic E-state index is -1.29. The average molecular weight is 396 g/mol. The number of allylic oxidation sites excluding steroid dienone is 1. The summed E-state index contributed by atoms with van der Waals surface area (Å²) < 4.78 is 17.3. The highest BCUT2D eigenvalue weighted by Crippen LogP contribution is 2.27. The Kier molecular flexibility index (Phi) is 9.37. The maximum absolute atomic E-state index is 10.5. The van der Waals surface area contributed by atoms with Gasteiger partial charge in [0.05, 0.1) is 6.61 Å². The molecule has 0 aliphatic carbocycles. The van der Waals surface area contributed by atoms with Gasteiger partial charge < -0.3 is 34.6 Å². The zero-order valence-electron chi connectivity index (χ0n) is 16.3. The summed E-state index contributed by atoms with van der Waals surface area (Å²) in [5.41, 5.74) is 1.08. The fraction of sp³-hybridized carbons (Fsp3) is 0.619. The lowest BCUT2D eigenvalue weighted by Crippen LogP contribution is -2.61. The van der Waals surface area contributed by atoms with Crippen molar-refractivity contribution in [3.8, 4) is 5.75 Å². The van der Waals surface area contributed by atoms with Gasteiger partial charge in [0.2, 0.25) is 6.29 Å². The second kappa shape index (κ2) is 11.5. The number of aliphatic hydroxyl groups is 4. The van der Waals surface area contributed by atoms with Crippen molar-refractivity contribution >= 4 is 0 Å². The normalized spacial score (nSPS) is 28.7. The molecule has 7 nitrogen and oxygen atoms in total. The number of ether oxygens (including phenoxy) is 3. The summed E-state index contributed by atoms with van der Waals surface area (Å²) in [7, 11) is 0. The molecule has 1 fully saturated rings. The average Bonchev–Trinajstić information content (AvgIpc) is 2.71. The molecule has 1 aromatic rings. The van der Waals surface area contributed by atoms with Gasteiger partial charge in [0, 0.05) is 13.2 Å². The highest BCUT2D eigenvalue weighted by Gasteiger charge is 2.46. The Bertz CT molecular complexity index is 573. The number of benzene rings is 1. The second-order valence-electron chi connectivity index (χ2n) is 7.04. The fourth-order valence-electron chi connectivity index (χ4n) is 3.13. The van der Waals surface area contributed by atoms with Crippen molar-refractivity contribution in [2.24, 2.45) is 5.92 Å². The number of aliphatic hydroxyl groups excluding tert-OH is 4. The van der Waals surface area contributed by atoms with Gasteiger partial charge in [-0.3, -0.25) is 0 Å². The van der Waals surface area contributed by atoms with E-state index in [-0.39, 0.29) is 19.1 Å². The van der Waals surface area contributed by atoms with Crippen molar-refractivity contribution < 1.29 is 34.6 Å². The van der Waals surface area contributed by atoms with E-state index in [1.54, 1.807) is 12.1 Å². The fourth-order valence-corrected chi connectivity index (χ4v) is 3.13. The molecule has 0 spiro atoms. The summed E-state index contributed by atoms with van der Waals surface area (Å²) in [6.45, 7) is 5.58. The molecule has 0 bridgehead atoms. The van der Waals surface area contributed by atoms with Crippen LogP contribution in [0.2, 0.25) is 0 Å². The molecule has 1 aliphatic rings. The van der Waals surface area contributed by atoms with Gasteiger partial charge in [-0.15, -0.1) is 6.58 Å². The summed E-state index contributed by atoms with van der Waals surface area (Å²) in [6, 6.07) is 7.36. The largest absolute Gasteiger partial charge is 0.462 e. The van der Waals surface area contributed by atoms with E-state index in [0.29, 0.717) is 12.2 Å². The molecule has 4 N–H and O–H groups in total. The van der Waals surface area contributed by atoms with Gasteiger partial charge in [0.1, 0.15) is 30.2 Å². The van der Waals surface area contributed by atoms with Gasteiger partial charge in [0.25, 0.3) is 0 Å². The third-order valence-corrected chi connectivity index (χ3v) is 5.05. The van der Waals surface area contributed by atoms with E-state index in [0.717, 1.165) is 18.4 Å². The third-order valence-electron chi connectivity index (χ3n) is 5.05. The van der Waals surface area contributed by atoms with E-state index in [9.17, 15) is 20.4 Å². The molecule has 0 aromatic heterocycles. The molecule has 1 aromatic carbocycles. The maximum Gasteiger partial charge on any atom is 0.229 e. The van der Waals surface area contributed by atoms with E-state index in [1.165, 1.54) is 0 Å². The van der Waals surface area contributed by atoms with Crippen molar-refractivity contribution in [1.29, 1.82) is 0 Å². The number of hydrogen-bond donors (Lipinski definition) is 4. The first-order valence-electron chi connectivity index (χ1n) is 9.75. The molecule has 1 heterocycles. The van der Waals surface area contributed by atoms with Gasteiger partial charge in [-0.05, 0) is 36.5 Å². The van der Waals surface area contributed by atoms with Crippen molar-refractivity contribution in [2.45, 2.75) is 56.9 Å². The number of hydrogen-bond acceptors (Lipinski definition) is 7. The predicted octanol–water partition coefficient (Wildman–Crippen LogP) is 1.03. The van der Waals surface area contributed by atoms with Gasteiger partial charge in [-0.2, -0.15) is 0 Å². The molecule has 1 saturated heterocycles. The first-order chi connectivity index (χ1) is 13.5. The second-order valence-corrected chi connectivity index (χ2v) is 7.04. The van der Waals surface area contributed by atoms with Crippen LogP contribution in [0.5, 0.6) is 5.75 Å². The van der Waals surface area contributed by atoms with Gasteiger partial charge in [0.15, 0.2) is 0 Å². The summed E-state index contributed by atoms with van der Waals surface area (Å²) >= 11 is 0. The maximum atomic E-state index is 10.5. The molecule has 158 valence electrons. The van der Waals surface area contributed by atoms with Crippen LogP contribution in [0.3, 0.4) is 0 Å². The minimum Gasteiger partial charge on any atom is -0.462 e. The Morgan fingerprint density at radius 3 is 2.46 bits per heavy atom. The van der Waals surface area contributed by atoms with E-state index in [1.807, 2.05) is 25.1 Å². The van der Waals surface area contributed by atoms with E-state index in [2.05, 4.69) is 6.58 Å². The quantitative estimate of drug-likeness (QED) is 0.414. The third kappa shape index (κ3) is 6.01. The molecular formula is C21H32O7.